The van der Waals surface area contributed by atoms with Crippen LogP contribution < -0.4 is 0 Å². The molecule has 4 nitrogen and oxygen atoms in total. The number of unbranched alkanes of at least 4 members (excludes halogenated alkanes) is 5. The Labute approximate surface area is 126 Å². The molecule has 0 unspecified atom stereocenters. The van der Waals surface area contributed by atoms with Crippen molar-refractivity contribution < 1.29 is 19.4 Å². The van der Waals surface area contributed by atoms with Gasteiger partial charge in [-0.3, -0.25) is 0 Å². The van der Waals surface area contributed by atoms with E-state index in [1.165, 1.54) is 6.08 Å². The van der Waals surface area contributed by atoms with Gasteiger partial charge in [-0.2, -0.15) is 0 Å². The summed E-state index contributed by atoms with van der Waals surface area (Å²) in [5, 5.41) is 8.94. The van der Waals surface area contributed by atoms with E-state index in [0.29, 0.717) is 19.3 Å². The van der Waals surface area contributed by atoms with Crippen molar-refractivity contribution in [2.45, 2.75) is 58.8 Å². The first-order chi connectivity index (χ1) is 10.1. The Bertz CT molecular complexity index is 435. The molecule has 0 aliphatic heterocycles. The van der Waals surface area contributed by atoms with E-state index in [1.807, 2.05) is 19.1 Å². The largest absolute Gasteiger partial charge is 0.475 e. The number of esters is 1. The molecular formula is C17H24O4. The number of carboxylic acid groups (broad SMARTS) is 1. The molecular weight excluding hydrogens is 268 g/mol. The zero-order valence-electron chi connectivity index (χ0n) is 12.9. The van der Waals surface area contributed by atoms with Gasteiger partial charge in [0.15, 0.2) is 0 Å². The third-order valence-corrected chi connectivity index (χ3v) is 2.66. The topological polar surface area (TPSA) is 63.6 Å². The van der Waals surface area contributed by atoms with Crippen LogP contribution in [0.3, 0.4) is 0 Å². The summed E-state index contributed by atoms with van der Waals surface area (Å²) >= 11 is 0. The molecule has 1 N–H and O–H groups in total. The van der Waals surface area contributed by atoms with Gasteiger partial charge in [-0.05, 0) is 32.3 Å². The molecule has 0 aliphatic rings. The van der Waals surface area contributed by atoms with Gasteiger partial charge in [-0.1, -0.05) is 44.3 Å². The second-order valence-corrected chi connectivity index (χ2v) is 4.52. The predicted molar refractivity (Wildman–Crippen MR) is 82.4 cm³/mol. The Morgan fingerprint density at radius 3 is 2.57 bits per heavy atom. The molecule has 0 bridgehead atoms. The predicted octanol–water partition coefficient (Wildman–Crippen LogP) is 3.83. The molecule has 0 saturated heterocycles. The maximum Gasteiger partial charge on any atom is 0.389 e. The molecule has 0 atom stereocenters. The van der Waals surface area contributed by atoms with E-state index < -0.39 is 11.9 Å². The number of carboxylic acids is 1. The van der Waals surface area contributed by atoms with Crippen LogP contribution in [-0.4, -0.2) is 17.0 Å². The van der Waals surface area contributed by atoms with Gasteiger partial charge in [-0.15, -0.1) is 0 Å². The zero-order valence-corrected chi connectivity index (χ0v) is 12.9. The van der Waals surface area contributed by atoms with E-state index in [4.69, 9.17) is 9.84 Å². The highest BCUT2D eigenvalue weighted by atomic mass is 16.6. The summed E-state index contributed by atoms with van der Waals surface area (Å²) in [7, 11) is 0. The Morgan fingerprint density at radius 2 is 1.95 bits per heavy atom. The van der Waals surface area contributed by atoms with Gasteiger partial charge in [0.1, 0.15) is 0 Å². The minimum atomic E-state index is -1.26. The summed E-state index contributed by atoms with van der Waals surface area (Å²) in [6.45, 7) is 4.01. The van der Waals surface area contributed by atoms with Crippen molar-refractivity contribution in [1.29, 1.82) is 0 Å². The molecule has 0 heterocycles. The molecule has 0 aromatic heterocycles. The van der Waals surface area contributed by atoms with Crippen LogP contribution in [0.4, 0.5) is 0 Å². The van der Waals surface area contributed by atoms with Gasteiger partial charge in [0.2, 0.25) is 5.76 Å². The van der Waals surface area contributed by atoms with Crippen LogP contribution in [0.5, 0.6) is 0 Å². The maximum absolute atomic E-state index is 11.4. The Balaban J connectivity index is 4.23. The van der Waals surface area contributed by atoms with Crippen LogP contribution in [0.25, 0.3) is 0 Å². The van der Waals surface area contributed by atoms with Crippen LogP contribution in [0, 0.1) is 11.8 Å². The van der Waals surface area contributed by atoms with Crippen LogP contribution in [0.1, 0.15) is 58.8 Å². The first-order valence-electron chi connectivity index (χ1n) is 7.37. The number of hydrogen-bond acceptors (Lipinski definition) is 3. The van der Waals surface area contributed by atoms with Crippen LogP contribution >= 0.6 is 0 Å². The third-order valence-electron chi connectivity index (χ3n) is 2.66. The van der Waals surface area contributed by atoms with Gasteiger partial charge < -0.3 is 9.84 Å². The minimum Gasteiger partial charge on any atom is -0.475 e. The molecule has 0 fully saturated rings. The molecule has 0 aromatic carbocycles. The summed E-state index contributed by atoms with van der Waals surface area (Å²) in [5.74, 6) is 2.60. The van der Waals surface area contributed by atoms with Crippen molar-refractivity contribution in [2.75, 3.05) is 0 Å². The van der Waals surface area contributed by atoms with E-state index in [2.05, 4.69) is 18.8 Å². The Hall–Kier alpha value is -2.02. The Kier molecular flexibility index (Phi) is 11.7. The lowest BCUT2D eigenvalue weighted by Crippen LogP contribution is -2.09. The zero-order chi connectivity index (χ0) is 15.9. The molecule has 0 aliphatic carbocycles. The lowest BCUT2D eigenvalue weighted by Gasteiger charge is -2.00. The standard InChI is InChI=1S/C17H24O4/c1-3-5-7-9-10-12-14-16(18)21-15(17(19)20)13-11-8-6-4-2/h4,6,13H,3,5,7-11H2,1-2H3,(H,19,20). The summed E-state index contributed by atoms with van der Waals surface area (Å²) < 4.78 is 4.74. The van der Waals surface area contributed by atoms with Gasteiger partial charge in [0.05, 0.1) is 0 Å². The SMILES string of the molecule is CC=CCCC=C(OC(=O)C#CCCCCCC)C(=O)O. The van der Waals surface area contributed by atoms with Crippen molar-refractivity contribution in [3.8, 4) is 11.8 Å². The number of rotatable bonds is 9. The average Bonchev–Trinajstić information content (AvgIpc) is 2.45. The van der Waals surface area contributed by atoms with Crippen molar-refractivity contribution in [3.63, 3.8) is 0 Å². The minimum absolute atomic E-state index is 0.357. The van der Waals surface area contributed by atoms with Gasteiger partial charge in [-0.25, -0.2) is 9.59 Å². The van der Waals surface area contributed by atoms with Crippen molar-refractivity contribution >= 4 is 11.9 Å². The van der Waals surface area contributed by atoms with Crippen LogP contribution in [0.15, 0.2) is 24.0 Å². The highest BCUT2D eigenvalue weighted by molar-refractivity contribution is 5.94. The number of aliphatic carboxylic acids is 1. The van der Waals surface area contributed by atoms with E-state index in [0.717, 1.165) is 25.7 Å². The van der Waals surface area contributed by atoms with Crippen molar-refractivity contribution in [3.05, 3.63) is 24.0 Å². The monoisotopic (exact) mass is 292 g/mol. The fourth-order valence-electron chi connectivity index (χ4n) is 1.55. The molecule has 0 spiro atoms. The Morgan fingerprint density at radius 1 is 1.19 bits per heavy atom. The number of carbonyl (C=O) groups excluding carboxylic acids is 1. The maximum atomic E-state index is 11.4. The quantitative estimate of drug-likeness (QED) is 0.133. The second kappa shape index (κ2) is 13.0. The normalized spacial score (nSPS) is 11.0. The highest BCUT2D eigenvalue weighted by Gasteiger charge is 2.11. The summed E-state index contributed by atoms with van der Waals surface area (Å²) in [6.07, 6.45) is 11.4. The fourth-order valence-corrected chi connectivity index (χ4v) is 1.55. The number of carbonyl (C=O) groups is 2. The summed E-state index contributed by atoms with van der Waals surface area (Å²) in [4.78, 5) is 22.4. The van der Waals surface area contributed by atoms with Crippen molar-refractivity contribution in [2.24, 2.45) is 0 Å². The van der Waals surface area contributed by atoms with E-state index in [9.17, 15) is 9.59 Å². The molecule has 0 radical (unpaired) electrons. The van der Waals surface area contributed by atoms with E-state index in [1.54, 1.807) is 0 Å². The van der Waals surface area contributed by atoms with E-state index in [-0.39, 0.29) is 5.76 Å². The van der Waals surface area contributed by atoms with Gasteiger partial charge in [0, 0.05) is 12.3 Å². The number of hydrogen-bond donors (Lipinski definition) is 1. The highest BCUT2D eigenvalue weighted by Crippen LogP contribution is 2.04. The smallest absolute Gasteiger partial charge is 0.389 e. The fraction of sp³-hybridized carbons (Fsp3) is 0.529. The molecule has 0 aromatic rings. The molecule has 4 heteroatoms. The van der Waals surface area contributed by atoms with E-state index >= 15 is 0 Å². The lowest BCUT2D eigenvalue weighted by molar-refractivity contribution is -0.144. The average molecular weight is 292 g/mol. The first-order valence-corrected chi connectivity index (χ1v) is 7.37. The third kappa shape index (κ3) is 11.5. The van der Waals surface area contributed by atoms with Gasteiger partial charge >= 0.3 is 11.9 Å². The number of allylic oxidation sites excluding steroid dienone is 3. The lowest BCUT2D eigenvalue weighted by atomic mass is 10.2. The molecule has 0 rings (SSSR count). The molecule has 116 valence electrons. The second-order valence-electron chi connectivity index (χ2n) is 4.52. The van der Waals surface area contributed by atoms with Crippen LogP contribution in [-0.2, 0) is 14.3 Å². The van der Waals surface area contributed by atoms with Crippen molar-refractivity contribution in [1.82, 2.24) is 0 Å². The van der Waals surface area contributed by atoms with Crippen LogP contribution in [0.2, 0.25) is 0 Å². The summed E-state index contributed by atoms with van der Waals surface area (Å²) in [6, 6.07) is 0. The molecule has 0 saturated carbocycles. The molecule has 21 heavy (non-hydrogen) atoms. The molecule has 0 amide bonds. The summed E-state index contributed by atoms with van der Waals surface area (Å²) in [5.41, 5.74) is 0. The first kappa shape index (κ1) is 19.0. The number of ether oxygens (including phenoxy) is 1. The van der Waals surface area contributed by atoms with Gasteiger partial charge in [0.25, 0.3) is 0 Å².